The van der Waals surface area contributed by atoms with Crippen molar-refractivity contribution >= 4 is 34.2 Å². The average Bonchev–Trinajstić information content (AvgIpc) is 2.53. The minimum Gasteiger partial charge on any atom is -0.494 e. The molecule has 0 aromatic heterocycles. The van der Waals surface area contributed by atoms with Crippen LogP contribution in [0.3, 0.4) is 0 Å². The molecule has 3 nitrogen and oxygen atoms in total. The summed E-state index contributed by atoms with van der Waals surface area (Å²) < 4.78 is 6.82. The molecule has 2 aromatic rings. The van der Waals surface area contributed by atoms with Gasteiger partial charge in [-0.05, 0) is 90.4 Å². The van der Waals surface area contributed by atoms with Gasteiger partial charge >= 0.3 is 0 Å². The van der Waals surface area contributed by atoms with Crippen LogP contribution in [0.4, 0.5) is 5.69 Å². The predicted octanol–water partition coefficient (Wildman–Crippen LogP) is 5.34. The molecule has 0 heterocycles. The number of anilines is 1. The second-order valence-electron chi connectivity index (χ2n) is 5.60. The first-order valence-corrected chi connectivity index (χ1v) is 8.90. The van der Waals surface area contributed by atoms with Crippen LogP contribution in [0, 0.1) is 17.4 Å². The van der Waals surface area contributed by atoms with Crippen LogP contribution in [-0.2, 0) is 0 Å². The van der Waals surface area contributed by atoms with Crippen molar-refractivity contribution in [3.8, 4) is 5.75 Å². The molecule has 0 bridgehead atoms. The highest BCUT2D eigenvalue weighted by Gasteiger charge is 2.09. The van der Waals surface area contributed by atoms with Gasteiger partial charge in [-0.2, -0.15) is 0 Å². The van der Waals surface area contributed by atoms with E-state index in [2.05, 4.69) is 40.9 Å². The van der Waals surface area contributed by atoms with E-state index in [4.69, 9.17) is 4.74 Å². The smallest absolute Gasteiger partial charge is 0.255 e. The Morgan fingerprint density at radius 3 is 2.48 bits per heavy atom. The molecule has 0 aliphatic heterocycles. The SMILES string of the molecule is CCCCOc1ccc(C(=O)Nc2cc(C)c(I)cc2C)cc1. The molecule has 0 aliphatic rings. The summed E-state index contributed by atoms with van der Waals surface area (Å²) in [4.78, 5) is 12.4. The molecule has 0 saturated carbocycles. The summed E-state index contributed by atoms with van der Waals surface area (Å²) in [6, 6.07) is 11.4. The number of hydrogen-bond donors (Lipinski definition) is 1. The average molecular weight is 423 g/mol. The number of halogens is 1. The Morgan fingerprint density at radius 2 is 1.83 bits per heavy atom. The summed E-state index contributed by atoms with van der Waals surface area (Å²) in [5.41, 5.74) is 3.71. The molecule has 122 valence electrons. The fraction of sp³-hybridized carbons (Fsp3) is 0.316. The van der Waals surface area contributed by atoms with Gasteiger partial charge in [-0.1, -0.05) is 13.3 Å². The monoisotopic (exact) mass is 423 g/mol. The lowest BCUT2D eigenvalue weighted by Gasteiger charge is -2.11. The number of nitrogens with one attached hydrogen (secondary N) is 1. The summed E-state index contributed by atoms with van der Waals surface area (Å²) in [6.07, 6.45) is 2.14. The molecule has 2 aromatic carbocycles. The van der Waals surface area contributed by atoms with Gasteiger partial charge in [0.05, 0.1) is 6.61 Å². The second-order valence-corrected chi connectivity index (χ2v) is 6.76. The molecular formula is C19H22INO2. The molecule has 0 aliphatic carbocycles. The summed E-state index contributed by atoms with van der Waals surface area (Å²) >= 11 is 2.30. The maximum absolute atomic E-state index is 12.4. The number of unbranched alkanes of at least 4 members (excludes halogenated alkanes) is 1. The number of aryl methyl sites for hydroxylation is 2. The van der Waals surface area contributed by atoms with Crippen LogP contribution in [-0.4, -0.2) is 12.5 Å². The molecule has 1 amide bonds. The Balaban J connectivity index is 2.05. The van der Waals surface area contributed by atoms with E-state index in [1.807, 2.05) is 32.0 Å². The normalized spacial score (nSPS) is 10.4. The Labute approximate surface area is 151 Å². The lowest BCUT2D eigenvalue weighted by Crippen LogP contribution is -2.13. The molecule has 4 heteroatoms. The zero-order valence-electron chi connectivity index (χ0n) is 13.8. The van der Waals surface area contributed by atoms with Gasteiger partial charge in [-0.3, -0.25) is 4.79 Å². The van der Waals surface area contributed by atoms with Crippen molar-refractivity contribution in [1.82, 2.24) is 0 Å². The van der Waals surface area contributed by atoms with Gasteiger partial charge in [0.25, 0.3) is 5.91 Å². The standard InChI is InChI=1S/C19H22INO2/c1-4-5-10-23-16-8-6-15(7-9-16)19(22)21-18-12-13(2)17(20)11-14(18)3/h6-9,11-12H,4-5,10H2,1-3H3,(H,21,22). The fourth-order valence-corrected chi connectivity index (χ4v) is 2.77. The van der Waals surface area contributed by atoms with Crippen molar-refractivity contribution < 1.29 is 9.53 Å². The van der Waals surface area contributed by atoms with E-state index in [1.165, 1.54) is 3.57 Å². The van der Waals surface area contributed by atoms with Crippen molar-refractivity contribution in [2.24, 2.45) is 0 Å². The van der Waals surface area contributed by atoms with Gasteiger partial charge in [0.15, 0.2) is 0 Å². The fourth-order valence-electron chi connectivity index (χ4n) is 2.15. The van der Waals surface area contributed by atoms with E-state index in [-0.39, 0.29) is 5.91 Å². The van der Waals surface area contributed by atoms with Crippen molar-refractivity contribution in [3.05, 3.63) is 56.7 Å². The van der Waals surface area contributed by atoms with Crippen LogP contribution < -0.4 is 10.1 Å². The lowest BCUT2D eigenvalue weighted by molar-refractivity contribution is 0.102. The van der Waals surface area contributed by atoms with E-state index in [0.29, 0.717) is 12.2 Å². The minimum absolute atomic E-state index is 0.103. The summed E-state index contributed by atoms with van der Waals surface area (Å²) in [6.45, 7) is 6.88. The summed E-state index contributed by atoms with van der Waals surface area (Å²) in [7, 11) is 0. The van der Waals surface area contributed by atoms with Crippen LogP contribution in [0.15, 0.2) is 36.4 Å². The van der Waals surface area contributed by atoms with E-state index < -0.39 is 0 Å². The van der Waals surface area contributed by atoms with Gasteiger partial charge in [0.1, 0.15) is 5.75 Å². The molecule has 0 fully saturated rings. The Hall–Kier alpha value is -1.56. The largest absolute Gasteiger partial charge is 0.494 e. The van der Waals surface area contributed by atoms with Gasteiger partial charge in [-0.25, -0.2) is 0 Å². The number of ether oxygens (including phenoxy) is 1. The van der Waals surface area contributed by atoms with Crippen molar-refractivity contribution in [3.63, 3.8) is 0 Å². The van der Waals surface area contributed by atoms with Gasteiger partial charge in [0.2, 0.25) is 0 Å². The van der Waals surface area contributed by atoms with Crippen molar-refractivity contribution in [2.45, 2.75) is 33.6 Å². The van der Waals surface area contributed by atoms with E-state index in [0.717, 1.165) is 35.4 Å². The third-order valence-electron chi connectivity index (χ3n) is 3.64. The first-order chi connectivity index (χ1) is 11.0. The van der Waals surface area contributed by atoms with E-state index in [9.17, 15) is 4.79 Å². The number of benzene rings is 2. The predicted molar refractivity (Wildman–Crippen MR) is 103 cm³/mol. The highest BCUT2D eigenvalue weighted by Crippen LogP contribution is 2.23. The Kier molecular flexibility index (Phi) is 6.45. The quantitative estimate of drug-likeness (QED) is 0.503. The molecule has 0 atom stereocenters. The first kappa shape index (κ1) is 17.8. The van der Waals surface area contributed by atoms with Gasteiger partial charge in [0, 0.05) is 14.8 Å². The molecule has 0 spiro atoms. The number of amides is 1. The van der Waals surface area contributed by atoms with Crippen molar-refractivity contribution in [1.29, 1.82) is 0 Å². The van der Waals surface area contributed by atoms with Crippen molar-refractivity contribution in [2.75, 3.05) is 11.9 Å². The Bertz CT molecular complexity index is 681. The van der Waals surface area contributed by atoms with Gasteiger partial charge in [-0.15, -0.1) is 0 Å². The molecule has 0 unspecified atom stereocenters. The number of hydrogen-bond acceptors (Lipinski definition) is 2. The lowest BCUT2D eigenvalue weighted by atomic mass is 10.1. The molecule has 0 saturated heterocycles. The van der Waals surface area contributed by atoms with Gasteiger partial charge < -0.3 is 10.1 Å². The number of carbonyl (C=O) groups is 1. The summed E-state index contributed by atoms with van der Waals surface area (Å²) in [5.74, 6) is 0.699. The number of rotatable bonds is 6. The van der Waals surface area contributed by atoms with Crippen LogP contribution in [0.2, 0.25) is 0 Å². The van der Waals surface area contributed by atoms with Crippen LogP contribution in [0.25, 0.3) is 0 Å². The molecule has 0 radical (unpaired) electrons. The van der Waals surface area contributed by atoms with Crippen LogP contribution >= 0.6 is 22.6 Å². The first-order valence-electron chi connectivity index (χ1n) is 7.82. The highest BCUT2D eigenvalue weighted by molar-refractivity contribution is 14.1. The highest BCUT2D eigenvalue weighted by atomic mass is 127. The molecule has 2 rings (SSSR count). The van der Waals surface area contributed by atoms with E-state index in [1.54, 1.807) is 12.1 Å². The zero-order chi connectivity index (χ0) is 16.8. The maximum Gasteiger partial charge on any atom is 0.255 e. The third-order valence-corrected chi connectivity index (χ3v) is 4.80. The van der Waals surface area contributed by atoms with Crippen LogP contribution in [0.5, 0.6) is 5.75 Å². The number of carbonyl (C=O) groups excluding carboxylic acids is 1. The topological polar surface area (TPSA) is 38.3 Å². The Morgan fingerprint density at radius 1 is 1.13 bits per heavy atom. The molecule has 1 N–H and O–H groups in total. The van der Waals surface area contributed by atoms with E-state index >= 15 is 0 Å². The summed E-state index contributed by atoms with van der Waals surface area (Å²) in [5, 5.41) is 2.98. The molecule has 23 heavy (non-hydrogen) atoms. The molecular weight excluding hydrogens is 401 g/mol. The second kappa shape index (κ2) is 8.34. The third kappa shape index (κ3) is 4.96. The zero-order valence-corrected chi connectivity index (χ0v) is 15.9. The maximum atomic E-state index is 12.4. The van der Waals surface area contributed by atoms with Crippen LogP contribution in [0.1, 0.15) is 41.3 Å². The minimum atomic E-state index is -0.103.